The summed E-state index contributed by atoms with van der Waals surface area (Å²) in [5.41, 5.74) is 1.63. The first-order valence-electron chi connectivity index (χ1n) is 9.47. The van der Waals surface area contributed by atoms with Crippen molar-refractivity contribution in [3.05, 3.63) is 17.5 Å². The highest BCUT2D eigenvalue weighted by molar-refractivity contribution is 5.92. The number of nitrogens with one attached hydrogen (secondary N) is 1. The van der Waals surface area contributed by atoms with Crippen molar-refractivity contribution in [1.29, 1.82) is 0 Å². The van der Waals surface area contributed by atoms with Gasteiger partial charge in [0, 0.05) is 37.6 Å². The van der Waals surface area contributed by atoms with Crippen LogP contribution < -0.4 is 5.32 Å². The van der Waals surface area contributed by atoms with Crippen molar-refractivity contribution in [2.45, 2.75) is 57.4 Å². The number of nitrogens with zero attached hydrogens (tertiary/aromatic N) is 3. The van der Waals surface area contributed by atoms with Crippen LogP contribution in [0.2, 0.25) is 0 Å². The highest BCUT2D eigenvalue weighted by Crippen LogP contribution is 2.35. The average molecular weight is 348 g/mol. The zero-order chi connectivity index (χ0) is 18.1. The number of ether oxygens (including phenoxy) is 1. The van der Waals surface area contributed by atoms with Gasteiger partial charge in [0.25, 0.3) is 5.91 Å². The summed E-state index contributed by atoms with van der Waals surface area (Å²) < 4.78 is 7.21. The number of morpholine rings is 1. The van der Waals surface area contributed by atoms with Crippen LogP contribution in [-0.4, -0.2) is 59.0 Å². The number of hydrogen-bond donors (Lipinski definition) is 1. The molecule has 0 unspecified atom stereocenters. The highest BCUT2D eigenvalue weighted by atomic mass is 16.5. The predicted octanol–water partition coefficient (Wildman–Crippen LogP) is 2.09. The van der Waals surface area contributed by atoms with Crippen LogP contribution in [0.5, 0.6) is 0 Å². The Morgan fingerprint density at radius 3 is 2.48 bits per heavy atom. The van der Waals surface area contributed by atoms with Crippen molar-refractivity contribution < 1.29 is 9.53 Å². The molecule has 1 saturated heterocycles. The van der Waals surface area contributed by atoms with E-state index in [4.69, 9.17) is 4.74 Å². The molecule has 140 valence electrons. The van der Waals surface area contributed by atoms with Gasteiger partial charge in [0.05, 0.1) is 18.9 Å². The Hall–Kier alpha value is -1.40. The minimum absolute atomic E-state index is 0.0231. The summed E-state index contributed by atoms with van der Waals surface area (Å²) in [7, 11) is 1.84. The number of hydrogen-bond acceptors (Lipinski definition) is 4. The van der Waals surface area contributed by atoms with Crippen molar-refractivity contribution in [2.75, 3.05) is 32.8 Å². The van der Waals surface area contributed by atoms with Crippen molar-refractivity contribution in [2.24, 2.45) is 7.05 Å². The Bertz CT molecular complexity index is 605. The molecule has 2 fully saturated rings. The first-order valence-corrected chi connectivity index (χ1v) is 9.47. The van der Waals surface area contributed by atoms with Crippen LogP contribution in [0.4, 0.5) is 0 Å². The molecule has 0 bridgehead atoms. The number of aromatic nitrogens is 2. The lowest BCUT2D eigenvalue weighted by molar-refractivity contribution is -0.0199. The maximum atomic E-state index is 12.8. The third-order valence-electron chi connectivity index (χ3n) is 5.68. The van der Waals surface area contributed by atoms with Crippen molar-refractivity contribution in [3.8, 4) is 0 Å². The summed E-state index contributed by atoms with van der Waals surface area (Å²) in [6.07, 6.45) is 4.80. The molecule has 1 aromatic rings. The molecule has 1 aliphatic heterocycles. The lowest BCUT2D eigenvalue weighted by Crippen LogP contribution is -2.57. The second kappa shape index (κ2) is 7.08. The maximum absolute atomic E-state index is 12.8. The number of carbonyl (C=O) groups is 1. The molecule has 3 rings (SSSR count). The zero-order valence-corrected chi connectivity index (χ0v) is 16.1. The molecule has 1 aliphatic carbocycles. The molecule has 1 amide bonds. The molecule has 0 radical (unpaired) electrons. The molecule has 0 aromatic carbocycles. The lowest BCUT2D eigenvalue weighted by Gasteiger charge is -2.43. The quantitative estimate of drug-likeness (QED) is 0.905. The summed E-state index contributed by atoms with van der Waals surface area (Å²) in [5.74, 6) is -0.0231. The van der Waals surface area contributed by atoms with Gasteiger partial charge in [-0.1, -0.05) is 33.6 Å². The number of rotatable bonds is 4. The fourth-order valence-corrected chi connectivity index (χ4v) is 4.06. The predicted molar refractivity (Wildman–Crippen MR) is 97.8 cm³/mol. The average Bonchev–Trinajstić information content (AvgIpc) is 3.21. The summed E-state index contributed by atoms with van der Waals surface area (Å²) in [6, 6.07) is 1.92. The topological polar surface area (TPSA) is 59.4 Å². The molecule has 25 heavy (non-hydrogen) atoms. The fourth-order valence-electron chi connectivity index (χ4n) is 4.06. The van der Waals surface area contributed by atoms with Gasteiger partial charge in [-0.05, 0) is 18.9 Å². The van der Waals surface area contributed by atoms with Crippen LogP contribution in [0.1, 0.15) is 62.6 Å². The Morgan fingerprint density at radius 1 is 1.28 bits per heavy atom. The summed E-state index contributed by atoms with van der Waals surface area (Å²) in [4.78, 5) is 15.3. The van der Waals surface area contributed by atoms with Gasteiger partial charge in [-0.15, -0.1) is 0 Å². The van der Waals surface area contributed by atoms with E-state index in [1.807, 2.05) is 13.1 Å². The van der Waals surface area contributed by atoms with E-state index in [1.54, 1.807) is 4.68 Å². The normalized spacial score (nSPS) is 21.4. The van der Waals surface area contributed by atoms with E-state index < -0.39 is 0 Å². The maximum Gasteiger partial charge on any atom is 0.269 e. The van der Waals surface area contributed by atoms with Gasteiger partial charge in [-0.2, -0.15) is 5.10 Å². The van der Waals surface area contributed by atoms with E-state index in [0.29, 0.717) is 12.2 Å². The van der Waals surface area contributed by atoms with Gasteiger partial charge in [0.1, 0.15) is 5.69 Å². The second-order valence-corrected chi connectivity index (χ2v) is 8.50. The Kier molecular flexibility index (Phi) is 5.21. The Morgan fingerprint density at radius 2 is 1.92 bits per heavy atom. The van der Waals surface area contributed by atoms with Crippen LogP contribution in [0.3, 0.4) is 0 Å². The van der Waals surface area contributed by atoms with Crippen LogP contribution in [0.15, 0.2) is 6.07 Å². The van der Waals surface area contributed by atoms with Gasteiger partial charge < -0.3 is 10.1 Å². The Balaban J connectivity index is 1.69. The Labute approximate surface area is 150 Å². The fraction of sp³-hybridized carbons (Fsp3) is 0.789. The smallest absolute Gasteiger partial charge is 0.269 e. The van der Waals surface area contributed by atoms with E-state index in [0.717, 1.165) is 44.8 Å². The van der Waals surface area contributed by atoms with Crippen LogP contribution >= 0.6 is 0 Å². The van der Waals surface area contributed by atoms with Gasteiger partial charge in [0.15, 0.2) is 0 Å². The molecule has 2 heterocycles. The van der Waals surface area contributed by atoms with Crippen molar-refractivity contribution in [1.82, 2.24) is 20.0 Å². The largest absolute Gasteiger partial charge is 0.379 e. The molecule has 6 heteroatoms. The lowest BCUT2D eigenvalue weighted by atomic mass is 9.92. The molecule has 1 aromatic heterocycles. The van der Waals surface area contributed by atoms with Gasteiger partial charge >= 0.3 is 0 Å². The van der Waals surface area contributed by atoms with E-state index in [1.165, 1.54) is 12.8 Å². The molecule has 2 aliphatic rings. The third kappa shape index (κ3) is 3.90. The molecule has 6 nitrogen and oxygen atoms in total. The van der Waals surface area contributed by atoms with Gasteiger partial charge in [-0.3, -0.25) is 14.4 Å². The molecular weight excluding hydrogens is 316 g/mol. The second-order valence-electron chi connectivity index (χ2n) is 8.50. The van der Waals surface area contributed by atoms with Crippen molar-refractivity contribution in [3.63, 3.8) is 0 Å². The SMILES string of the molecule is Cn1nc(C(C)(C)C)cc1C(=O)NCC1(N2CCOCC2)CCCC1. The molecule has 0 atom stereocenters. The highest BCUT2D eigenvalue weighted by Gasteiger charge is 2.40. The standard InChI is InChI=1S/C19H32N4O2/c1-18(2,3)16-13-15(22(4)21-16)17(24)20-14-19(7-5-6-8-19)23-9-11-25-12-10-23/h13H,5-12,14H2,1-4H3,(H,20,24). The van der Waals surface area contributed by atoms with E-state index in [9.17, 15) is 4.79 Å². The van der Waals surface area contributed by atoms with Crippen LogP contribution in [0.25, 0.3) is 0 Å². The minimum Gasteiger partial charge on any atom is -0.379 e. The molecule has 1 N–H and O–H groups in total. The van der Waals surface area contributed by atoms with Gasteiger partial charge in [-0.25, -0.2) is 0 Å². The first kappa shape index (κ1) is 18.4. The number of carbonyl (C=O) groups excluding carboxylic acids is 1. The zero-order valence-electron chi connectivity index (χ0n) is 16.1. The number of aryl methyl sites for hydroxylation is 1. The number of amides is 1. The molecule has 1 saturated carbocycles. The summed E-state index contributed by atoms with van der Waals surface area (Å²) in [6.45, 7) is 10.6. The molecule has 0 spiro atoms. The van der Waals surface area contributed by atoms with E-state index in [2.05, 4.69) is 36.1 Å². The van der Waals surface area contributed by atoms with Crippen molar-refractivity contribution >= 4 is 5.91 Å². The van der Waals surface area contributed by atoms with Crippen LogP contribution in [-0.2, 0) is 17.2 Å². The minimum atomic E-state index is -0.0588. The third-order valence-corrected chi connectivity index (χ3v) is 5.68. The monoisotopic (exact) mass is 348 g/mol. The molecular formula is C19H32N4O2. The first-order chi connectivity index (χ1) is 11.8. The van der Waals surface area contributed by atoms with E-state index in [-0.39, 0.29) is 16.9 Å². The van der Waals surface area contributed by atoms with Crippen LogP contribution in [0, 0.1) is 0 Å². The van der Waals surface area contributed by atoms with E-state index >= 15 is 0 Å². The summed E-state index contributed by atoms with van der Waals surface area (Å²) >= 11 is 0. The summed E-state index contributed by atoms with van der Waals surface area (Å²) in [5, 5.41) is 7.72. The van der Waals surface area contributed by atoms with Gasteiger partial charge in [0.2, 0.25) is 0 Å².